The van der Waals surface area contributed by atoms with Gasteiger partial charge in [0.2, 0.25) is 0 Å². The van der Waals surface area contributed by atoms with E-state index >= 15 is 0 Å². The predicted octanol–water partition coefficient (Wildman–Crippen LogP) is 3.46. The van der Waals surface area contributed by atoms with Gasteiger partial charge in [-0.15, -0.1) is 0 Å². The topological polar surface area (TPSA) is 78.1 Å². The van der Waals surface area contributed by atoms with E-state index in [1.807, 2.05) is 30.3 Å². The van der Waals surface area contributed by atoms with E-state index in [9.17, 15) is 4.39 Å². The van der Waals surface area contributed by atoms with E-state index in [-0.39, 0.29) is 11.2 Å². The third kappa shape index (κ3) is 4.62. The Labute approximate surface area is 169 Å². The number of hydrogen-bond acceptors (Lipinski definition) is 4. The molecule has 0 aliphatic carbocycles. The van der Waals surface area contributed by atoms with Gasteiger partial charge in [0, 0.05) is 36.8 Å². The van der Waals surface area contributed by atoms with Crippen molar-refractivity contribution in [2.24, 2.45) is 10.7 Å². The van der Waals surface area contributed by atoms with Gasteiger partial charge in [0.25, 0.3) is 0 Å². The molecule has 1 fully saturated rings. The molecule has 154 valence electrons. The molecule has 0 amide bonds. The zero-order chi connectivity index (χ0) is 20.1. The fourth-order valence-electron chi connectivity index (χ4n) is 3.77. The zero-order valence-corrected chi connectivity index (χ0v) is 16.3. The van der Waals surface area contributed by atoms with Crippen molar-refractivity contribution in [3.8, 4) is 11.5 Å². The lowest BCUT2D eigenvalue weighted by Crippen LogP contribution is -2.38. The van der Waals surface area contributed by atoms with E-state index in [2.05, 4.69) is 10.3 Å². The van der Waals surface area contributed by atoms with Gasteiger partial charge in [-0.1, -0.05) is 12.1 Å². The molecule has 2 aliphatic rings. The molecule has 3 N–H and O–H groups in total. The highest BCUT2D eigenvalue weighted by atomic mass is 19.1. The second-order valence-corrected chi connectivity index (χ2v) is 7.44. The molecule has 0 bridgehead atoms. The largest absolute Gasteiger partial charge is 0.490 e. The number of benzene rings is 2. The number of halogens is 1. The molecular formula is C22H26FN3O3. The minimum absolute atomic E-state index is 0.205. The van der Waals surface area contributed by atoms with Gasteiger partial charge in [-0.05, 0) is 42.7 Å². The van der Waals surface area contributed by atoms with Crippen LogP contribution in [0.4, 0.5) is 10.1 Å². The number of anilines is 1. The summed E-state index contributed by atoms with van der Waals surface area (Å²) in [6.07, 6.45) is 2.50. The molecule has 1 saturated heterocycles. The molecule has 2 aliphatic heterocycles. The number of fused-ring (bicyclic) bond motifs is 1. The Morgan fingerprint density at radius 2 is 1.72 bits per heavy atom. The molecule has 0 spiro atoms. The van der Waals surface area contributed by atoms with Crippen molar-refractivity contribution in [3.05, 3.63) is 53.8 Å². The van der Waals surface area contributed by atoms with Crippen LogP contribution in [0.25, 0.3) is 0 Å². The smallest absolute Gasteiger partial charge is 0.193 e. The number of hydrogen-bond donors (Lipinski definition) is 2. The maximum atomic E-state index is 13.4. The van der Waals surface area contributed by atoms with Crippen molar-refractivity contribution < 1.29 is 18.6 Å². The molecule has 0 unspecified atom stereocenters. The predicted molar refractivity (Wildman–Crippen MR) is 110 cm³/mol. The third-order valence-electron chi connectivity index (χ3n) is 5.48. The average Bonchev–Trinajstić information content (AvgIpc) is 2.98. The van der Waals surface area contributed by atoms with Gasteiger partial charge in [-0.2, -0.15) is 0 Å². The van der Waals surface area contributed by atoms with Gasteiger partial charge in [-0.25, -0.2) is 4.39 Å². The summed E-state index contributed by atoms with van der Waals surface area (Å²) in [5, 5.41) is 3.13. The van der Waals surface area contributed by atoms with Crippen LogP contribution in [0.15, 0.2) is 47.5 Å². The fraction of sp³-hybridized carbons (Fsp3) is 0.409. The van der Waals surface area contributed by atoms with Crippen LogP contribution in [0.5, 0.6) is 11.5 Å². The molecule has 0 saturated carbocycles. The molecule has 0 aromatic heterocycles. The lowest BCUT2D eigenvalue weighted by Gasteiger charge is -2.36. The van der Waals surface area contributed by atoms with Crippen LogP contribution < -0.4 is 20.5 Å². The van der Waals surface area contributed by atoms with E-state index in [0.29, 0.717) is 44.7 Å². The SMILES string of the molecule is NC(=NCC1(c2ccc(F)cc2)CCOCC1)Nc1ccc2c(c1)OCCCO2. The molecule has 6 nitrogen and oxygen atoms in total. The minimum atomic E-state index is -0.241. The summed E-state index contributed by atoms with van der Waals surface area (Å²) in [5.74, 6) is 1.52. The zero-order valence-electron chi connectivity index (χ0n) is 16.3. The lowest BCUT2D eigenvalue weighted by molar-refractivity contribution is 0.0531. The van der Waals surface area contributed by atoms with Gasteiger partial charge < -0.3 is 25.3 Å². The van der Waals surface area contributed by atoms with Gasteiger partial charge in [0.15, 0.2) is 17.5 Å². The van der Waals surface area contributed by atoms with E-state index in [1.54, 1.807) is 0 Å². The Morgan fingerprint density at radius 1 is 1.00 bits per heavy atom. The normalized spacial score (nSPS) is 18.7. The first kappa shape index (κ1) is 19.5. The van der Waals surface area contributed by atoms with Crippen molar-refractivity contribution in [2.75, 3.05) is 38.3 Å². The van der Waals surface area contributed by atoms with Crippen LogP contribution in [-0.2, 0) is 10.2 Å². The quantitative estimate of drug-likeness (QED) is 0.608. The highest BCUT2D eigenvalue weighted by molar-refractivity contribution is 5.92. The monoisotopic (exact) mass is 399 g/mol. The molecule has 2 aromatic carbocycles. The van der Waals surface area contributed by atoms with Gasteiger partial charge >= 0.3 is 0 Å². The summed E-state index contributed by atoms with van der Waals surface area (Å²) in [6.45, 7) is 3.09. The number of ether oxygens (including phenoxy) is 3. The van der Waals surface area contributed by atoms with Crippen LogP contribution in [0.3, 0.4) is 0 Å². The number of aliphatic imine (C=N–C) groups is 1. The van der Waals surface area contributed by atoms with Crippen LogP contribution >= 0.6 is 0 Å². The summed E-state index contributed by atoms with van der Waals surface area (Å²) in [7, 11) is 0. The highest BCUT2D eigenvalue weighted by Gasteiger charge is 2.34. The Balaban J connectivity index is 1.49. The van der Waals surface area contributed by atoms with Crippen molar-refractivity contribution >= 4 is 11.6 Å². The molecular weight excluding hydrogens is 373 g/mol. The van der Waals surface area contributed by atoms with E-state index in [0.717, 1.165) is 36.3 Å². The Morgan fingerprint density at radius 3 is 2.48 bits per heavy atom. The number of nitrogens with one attached hydrogen (secondary N) is 1. The lowest BCUT2D eigenvalue weighted by atomic mass is 9.74. The van der Waals surface area contributed by atoms with Gasteiger partial charge in [-0.3, -0.25) is 4.99 Å². The van der Waals surface area contributed by atoms with E-state index in [4.69, 9.17) is 19.9 Å². The van der Waals surface area contributed by atoms with Crippen molar-refractivity contribution in [1.82, 2.24) is 0 Å². The maximum Gasteiger partial charge on any atom is 0.193 e. The Hall–Kier alpha value is -2.80. The molecule has 29 heavy (non-hydrogen) atoms. The van der Waals surface area contributed by atoms with Crippen LogP contribution in [0, 0.1) is 5.82 Å². The van der Waals surface area contributed by atoms with Gasteiger partial charge in [0.1, 0.15) is 5.82 Å². The Bertz CT molecular complexity index is 864. The Kier molecular flexibility index (Phi) is 5.85. The summed E-state index contributed by atoms with van der Waals surface area (Å²) in [6, 6.07) is 12.3. The van der Waals surface area contributed by atoms with Gasteiger partial charge in [0.05, 0.1) is 19.8 Å². The summed E-state index contributed by atoms with van der Waals surface area (Å²) in [4.78, 5) is 4.61. The molecule has 2 heterocycles. The maximum absolute atomic E-state index is 13.4. The summed E-state index contributed by atoms with van der Waals surface area (Å²) >= 11 is 0. The molecule has 7 heteroatoms. The molecule has 0 radical (unpaired) electrons. The first-order valence-electron chi connectivity index (χ1n) is 9.95. The standard InChI is InChI=1S/C22H26FN3O3/c23-17-4-2-16(3-5-17)22(8-12-27-13-9-22)15-25-21(24)26-18-6-7-19-20(14-18)29-11-1-10-28-19/h2-7,14H,1,8-13,15H2,(H3,24,25,26). The number of guanidine groups is 1. The van der Waals surface area contributed by atoms with Crippen molar-refractivity contribution in [1.29, 1.82) is 0 Å². The number of rotatable bonds is 4. The number of nitrogens with two attached hydrogens (primary N) is 1. The summed E-state index contributed by atoms with van der Waals surface area (Å²) in [5.41, 5.74) is 7.82. The average molecular weight is 399 g/mol. The second kappa shape index (κ2) is 8.69. The fourth-order valence-corrected chi connectivity index (χ4v) is 3.77. The second-order valence-electron chi connectivity index (χ2n) is 7.44. The third-order valence-corrected chi connectivity index (χ3v) is 5.48. The highest BCUT2D eigenvalue weighted by Crippen LogP contribution is 2.36. The van der Waals surface area contributed by atoms with E-state index in [1.165, 1.54) is 12.1 Å². The summed E-state index contributed by atoms with van der Waals surface area (Å²) < 4.78 is 30.3. The molecule has 0 atom stereocenters. The first-order chi connectivity index (χ1) is 14.1. The van der Waals surface area contributed by atoms with Crippen LogP contribution in [0.1, 0.15) is 24.8 Å². The molecule has 4 rings (SSSR count). The minimum Gasteiger partial charge on any atom is -0.490 e. The number of nitrogens with zero attached hydrogens (tertiary/aromatic N) is 1. The molecule has 2 aromatic rings. The van der Waals surface area contributed by atoms with Crippen molar-refractivity contribution in [2.45, 2.75) is 24.7 Å². The van der Waals surface area contributed by atoms with Crippen LogP contribution in [-0.4, -0.2) is 38.9 Å². The first-order valence-corrected chi connectivity index (χ1v) is 9.95. The van der Waals surface area contributed by atoms with Crippen molar-refractivity contribution in [3.63, 3.8) is 0 Å². The van der Waals surface area contributed by atoms with Crippen LogP contribution in [0.2, 0.25) is 0 Å². The van der Waals surface area contributed by atoms with E-state index < -0.39 is 0 Å².